The smallest absolute Gasteiger partial charge is 0.166 e. The summed E-state index contributed by atoms with van der Waals surface area (Å²) in [6.07, 6.45) is 8.04. The molecule has 4 heterocycles. The Morgan fingerprint density at radius 1 is 1.30 bits per heavy atom. The molecule has 152 valence electrons. The van der Waals surface area contributed by atoms with Crippen molar-refractivity contribution in [2.24, 2.45) is 11.8 Å². The summed E-state index contributed by atoms with van der Waals surface area (Å²) in [5.74, 6) is 4.33. The lowest BCUT2D eigenvalue weighted by molar-refractivity contribution is -0.00653. The van der Waals surface area contributed by atoms with E-state index in [-0.39, 0.29) is 0 Å². The standard InChI is InChI=1S/C20H35N5OS/c1-3-6-23(2)15-18-16-25-7-4-17(18)13-19(25)14-22-20(27)21-5-8-24-9-11-26-12-10-24/h1,17-19H,4-16H2,2H3,(H2,21,22,27). The minimum atomic E-state index is 0.608. The summed E-state index contributed by atoms with van der Waals surface area (Å²) >= 11 is 5.48. The molecule has 0 radical (unpaired) electrons. The Bertz CT molecular complexity index is 519. The van der Waals surface area contributed by atoms with Gasteiger partial charge in [0.05, 0.1) is 19.8 Å². The molecular formula is C20H35N5OS. The van der Waals surface area contributed by atoms with Gasteiger partial charge in [-0.2, -0.15) is 0 Å². The van der Waals surface area contributed by atoms with Gasteiger partial charge in [-0.05, 0) is 50.5 Å². The van der Waals surface area contributed by atoms with E-state index in [4.69, 9.17) is 23.4 Å². The Labute approximate surface area is 170 Å². The molecule has 4 aliphatic rings. The first kappa shape index (κ1) is 20.8. The van der Waals surface area contributed by atoms with Crippen molar-refractivity contribution >= 4 is 17.3 Å². The molecule has 0 aliphatic carbocycles. The second-order valence-electron chi connectivity index (χ2n) is 8.18. The highest BCUT2D eigenvalue weighted by Gasteiger charge is 2.40. The van der Waals surface area contributed by atoms with E-state index >= 15 is 0 Å². The molecule has 27 heavy (non-hydrogen) atoms. The van der Waals surface area contributed by atoms with Crippen LogP contribution in [-0.4, -0.2) is 105 Å². The lowest BCUT2D eigenvalue weighted by atomic mass is 9.75. The molecule has 4 atom stereocenters. The van der Waals surface area contributed by atoms with E-state index in [1.807, 2.05) is 0 Å². The molecule has 0 saturated carbocycles. The van der Waals surface area contributed by atoms with Crippen LogP contribution in [0.5, 0.6) is 0 Å². The van der Waals surface area contributed by atoms with Gasteiger partial charge >= 0.3 is 0 Å². The molecule has 0 amide bonds. The fraction of sp³-hybridized carbons (Fsp3) is 0.850. The van der Waals surface area contributed by atoms with Crippen LogP contribution >= 0.6 is 12.2 Å². The van der Waals surface area contributed by atoms with Crippen molar-refractivity contribution in [2.45, 2.75) is 18.9 Å². The highest BCUT2D eigenvalue weighted by atomic mass is 32.1. The average Bonchev–Trinajstić information content (AvgIpc) is 2.68. The van der Waals surface area contributed by atoms with Crippen LogP contribution in [0.1, 0.15) is 12.8 Å². The topological polar surface area (TPSA) is 43.0 Å². The Kier molecular flexibility index (Phi) is 8.16. The zero-order chi connectivity index (χ0) is 19.1. The molecule has 7 heteroatoms. The normalized spacial score (nSPS) is 30.9. The van der Waals surface area contributed by atoms with Crippen molar-refractivity contribution in [3.63, 3.8) is 0 Å². The molecule has 0 aromatic carbocycles. The molecule has 0 spiro atoms. The summed E-state index contributed by atoms with van der Waals surface area (Å²) in [6.45, 7) is 10.9. The summed E-state index contributed by atoms with van der Waals surface area (Å²) in [5.41, 5.74) is 0. The number of rotatable bonds is 8. The Hall–Kier alpha value is -0.910. The fourth-order valence-corrected chi connectivity index (χ4v) is 4.90. The zero-order valence-electron chi connectivity index (χ0n) is 16.7. The Morgan fingerprint density at radius 2 is 2.11 bits per heavy atom. The third-order valence-corrected chi connectivity index (χ3v) is 6.53. The van der Waals surface area contributed by atoms with E-state index in [1.54, 1.807) is 0 Å². The molecular weight excluding hydrogens is 358 g/mol. The third kappa shape index (κ3) is 6.30. The van der Waals surface area contributed by atoms with Crippen LogP contribution in [0.25, 0.3) is 0 Å². The lowest BCUT2D eigenvalue weighted by Crippen LogP contribution is -2.58. The van der Waals surface area contributed by atoms with Gasteiger partial charge in [0.25, 0.3) is 0 Å². The van der Waals surface area contributed by atoms with Gasteiger partial charge in [0.15, 0.2) is 5.11 Å². The first-order valence-corrected chi connectivity index (χ1v) is 10.7. The van der Waals surface area contributed by atoms with Gasteiger partial charge < -0.3 is 15.4 Å². The number of nitrogens with zero attached hydrogens (tertiary/aromatic N) is 3. The fourth-order valence-electron chi connectivity index (χ4n) is 4.71. The van der Waals surface area contributed by atoms with E-state index in [0.29, 0.717) is 6.04 Å². The highest BCUT2D eigenvalue weighted by Crippen LogP contribution is 2.36. The Morgan fingerprint density at radius 3 is 2.81 bits per heavy atom. The van der Waals surface area contributed by atoms with Crippen molar-refractivity contribution < 1.29 is 4.74 Å². The van der Waals surface area contributed by atoms with Crippen molar-refractivity contribution in [1.82, 2.24) is 25.3 Å². The minimum absolute atomic E-state index is 0.608. The van der Waals surface area contributed by atoms with Crippen molar-refractivity contribution in [2.75, 3.05) is 79.2 Å². The second kappa shape index (κ2) is 10.6. The number of hydrogen-bond donors (Lipinski definition) is 2. The van der Waals surface area contributed by atoms with Gasteiger partial charge in [0, 0.05) is 51.9 Å². The maximum Gasteiger partial charge on any atom is 0.166 e. The zero-order valence-corrected chi connectivity index (χ0v) is 17.5. The summed E-state index contributed by atoms with van der Waals surface area (Å²) in [5, 5.41) is 7.59. The predicted molar refractivity (Wildman–Crippen MR) is 114 cm³/mol. The van der Waals surface area contributed by atoms with Crippen molar-refractivity contribution in [3.8, 4) is 12.3 Å². The maximum atomic E-state index is 5.48. The molecule has 2 N–H and O–H groups in total. The average molecular weight is 394 g/mol. The van der Waals surface area contributed by atoms with Crippen molar-refractivity contribution in [3.05, 3.63) is 0 Å². The van der Waals surface area contributed by atoms with Crippen LogP contribution in [0.4, 0.5) is 0 Å². The predicted octanol–water partition coefficient (Wildman–Crippen LogP) is 0.0581. The quantitative estimate of drug-likeness (QED) is 0.446. The SMILES string of the molecule is C#CCN(C)CC1CN2CCC1CC2CNC(=S)NCCN1CCOCC1. The number of fused-ring (bicyclic) bond motifs is 3. The van der Waals surface area contributed by atoms with Gasteiger partial charge in [0.2, 0.25) is 0 Å². The largest absolute Gasteiger partial charge is 0.379 e. The van der Waals surface area contributed by atoms with E-state index in [9.17, 15) is 0 Å². The van der Waals surface area contributed by atoms with Crippen LogP contribution in [0.3, 0.4) is 0 Å². The molecule has 6 nitrogen and oxygen atoms in total. The lowest BCUT2D eigenvalue weighted by Gasteiger charge is -2.50. The number of piperidine rings is 3. The van der Waals surface area contributed by atoms with E-state index in [0.717, 1.165) is 76.0 Å². The monoisotopic (exact) mass is 393 g/mol. The van der Waals surface area contributed by atoms with E-state index in [2.05, 4.69) is 38.3 Å². The molecule has 0 aromatic heterocycles. The van der Waals surface area contributed by atoms with Crippen LogP contribution in [0.2, 0.25) is 0 Å². The van der Waals surface area contributed by atoms with Gasteiger partial charge in [0.1, 0.15) is 0 Å². The molecule has 4 saturated heterocycles. The first-order valence-electron chi connectivity index (χ1n) is 10.3. The summed E-state index contributed by atoms with van der Waals surface area (Å²) in [6, 6.07) is 0.608. The molecule has 0 aromatic rings. The molecule has 2 bridgehead atoms. The van der Waals surface area contributed by atoms with Gasteiger partial charge in [-0.15, -0.1) is 6.42 Å². The summed E-state index contributed by atoms with van der Waals surface area (Å²) < 4.78 is 5.38. The number of terminal acetylenes is 1. The van der Waals surface area contributed by atoms with Gasteiger partial charge in [-0.1, -0.05) is 5.92 Å². The minimum Gasteiger partial charge on any atom is -0.379 e. The molecule has 4 unspecified atom stereocenters. The van der Waals surface area contributed by atoms with Crippen LogP contribution in [0, 0.1) is 24.2 Å². The Balaban J connectivity index is 1.32. The highest BCUT2D eigenvalue weighted by molar-refractivity contribution is 7.80. The summed E-state index contributed by atoms with van der Waals surface area (Å²) in [4.78, 5) is 7.35. The third-order valence-electron chi connectivity index (χ3n) is 6.24. The number of thiocarbonyl (C=S) groups is 1. The second-order valence-corrected chi connectivity index (χ2v) is 8.59. The number of morpholine rings is 1. The molecule has 4 fully saturated rings. The van der Waals surface area contributed by atoms with Crippen molar-refractivity contribution in [1.29, 1.82) is 0 Å². The van der Waals surface area contributed by atoms with Gasteiger partial charge in [-0.3, -0.25) is 14.7 Å². The van der Waals surface area contributed by atoms with E-state index < -0.39 is 0 Å². The van der Waals surface area contributed by atoms with Gasteiger partial charge in [-0.25, -0.2) is 0 Å². The number of hydrogen-bond acceptors (Lipinski definition) is 5. The molecule has 4 rings (SSSR count). The maximum absolute atomic E-state index is 5.48. The van der Waals surface area contributed by atoms with E-state index in [1.165, 1.54) is 25.9 Å². The van der Waals surface area contributed by atoms with Crippen LogP contribution in [0.15, 0.2) is 0 Å². The van der Waals surface area contributed by atoms with Crippen LogP contribution in [-0.2, 0) is 4.74 Å². The molecule has 4 aliphatic heterocycles. The summed E-state index contributed by atoms with van der Waals surface area (Å²) in [7, 11) is 2.14. The number of ether oxygens (including phenoxy) is 1. The number of nitrogens with one attached hydrogen (secondary N) is 2. The first-order chi connectivity index (χ1) is 13.2. The van der Waals surface area contributed by atoms with Crippen LogP contribution < -0.4 is 10.6 Å².